The Hall–Kier alpha value is -3.32. The van der Waals surface area contributed by atoms with E-state index in [-0.39, 0.29) is 18.8 Å². The molecule has 5 rings (SSSR count). The summed E-state index contributed by atoms with van der Waals surface area (Å²) in [5, 5.41) is 4.09. The van der Waals surface area contributed by atoms with Crippen LogP contribution in [0.5, 0.6) is 0 Å². The van der Waals surface area contributed by atoms with E-state index in [4.69, 9.17) is 11.5 Å². The van der Waals surface area contributed by atoms with Crippen LogP contribution in [-0.4, -0.2) is 69.4 Å². The second kappa shape index (κ2) is 10.1. The van der Waals surface area contributed by atoms with E-state index in [0.29, 0.717) is 29.3 Å². The molecule has 4 N–H and O–H groups in total. The maximum absolute atomic E-state index is 15.5. The molecule has 2 aromatic carbocycles. The third-order valence-corrected chi connectivity index (χ3v) is 7.20. The quantitative estimate of drug-likeness (QED) is 0.489. The number of hydrogen-bond donors (Lipinski definition) is 2. The number of benzene rings is 2. The minimum absolute atomic E-state index is 0.0256. The molecular weight excluding hydrogens is 500 g/mol. The summed E-state index contributed by atoms with van der Waals surface area (Å²) in [5.41, 5.74) is 16.3. The number of nitrogens with zero attached hydrogens (tertiary/aromatic N) is 6. The van der Waals surface area contributed by atoms with Crippen molar-refractivity contribution >= 4 is 5.69 Å². The van der Waals surface area contributed by atoms with Gasteiger partial charge in [0, 0.05) is 36.9 Å². The Morgan fingerprint density at radius 3 is 2.42 bits per heavy atom. The zero-order valence-corrected chi connectivity index (χ0v) is 21.1. The van der Waals surface area contributed by atoms with Crippen molar-refractivity contribution < 1.29 is 17.6 Å². The Bertz CT molecular complexity index is 1320. The summed E-state index contributed by atoms with van der Waals surface area (Å²) in [7, 11) is 0. The molecule has 0 saturated heterocycles. The SMILES string of the molecule is CCN1C(N)C2=C(C(c3ccccc3)CN(CC(F)(F)F)C2)N(c2ccc(-n3ncnc3C)c(F)c2)C1N. The first-order chi connectivity index (χ1) is 18.1. The second-order valence-corrected chi connectivity index (χ2v) is 9.57. The normalized spacial score (nSPS) is 23.2. The number of hydrogen-bond acceptors (Lipinski definition) is 7. The number of halogens is 4. The molecule has 3 unspecified atom stereocenters. The summed E-state index contributed by atoms with van der Waals surface area (Å²) in [4.78, 5) is 9.04. The Labute approximate surface area is 218 Å². The van der Waals surface area contributed by atoms with Crippen LogP contribution in [0.25, 0.3) is 5.69 Å². The zero-order valence-electron chi connectivity index (χ0n) is 21.1. The van der Waals surface area contributed by atoms with Gasteiger partial charge in [0.2, 0.25) is 0 Å². The number of likely N-dealkylation sites (N-methyl/N-ethyl adjacent to an activating group) is 1. The lowest BCUT2D eigenvalue weighted by molar-refractivity contribution is -0.146. The average Bonchev–Trinajstić information content (AvgIpc) is 3.29. The molecule has 3 atom stereocenters. The minimum atomic E-state index is -4.36. The van der Waals surface area contributed by atoms with E-state index in [1.807, 2.05) is 42.2 Å². The number of nitrogens with two attached hydrogens (primary N) is 2. The fraction of sp³-hybridized carbons (Fsp3) is 0.385. The van der Waals surface area contributed by atoms with Crippen molar-refractivity contribution in [2.45, 2.75) is 38.4 Å². The summed E-state index contributed by atoms with van der Waals surface area (Å²) in [6, 6.07) is 14.0. The third kappa shape index (κ3) is 4.80. The van der Waals surface area contributed by atoms with E-state index in [0.717, 1.165) is 5.56 Å². The van der Waals surface area contributed by atoms with E-state index >= 15 is 4.39 Å². The van der Waals surface area contributed by atoms with Gasteiger partial charge < -0.3 is 10.6 Å². The predicted molar refractivity (Wildman–Crippen MR) is 136 cm³/mol. The van der Waals surface area contributed by atoms with Crippen molar-refractivity contribution in [3.05, 3.63) is 83.3 Å². The molecule has 0 bridgehead atoms. The zero-order chi connectivity index (χ0) is 27.2. The van der Waals surface area contributed by atoms with Gasteiger partial charge in [-0.2, -0.15) is 18.3 Å². The number of rotatable bonds is 5. The van der Waals surface area contributed by atoms with E-state index in [1.54, 1.807) is 24.0 Å². The summed E-state index contributed by atoms with van der Waals surface area (Å²) < 4.78 is 57.3. The van der Waals surface area contributed by atoms with Crippen molar-refractivity contribution in [1.29, 1.82) is 0 Å². The molecule has 8 nitrogen and oxygen atoms in total. The van der Waals surface area contributed by atoms with Gasteiger partial charge in [-0.25, -0.2) is 14.1 Å². The topological polar surface area (TPSA) is 92.5 Å². The van der Waals surface area contributed by atoms with Crippen molar-refractivity contribution in [3.8, 4) is 5.69 Å². The van der Waals surface area contributed by atoms with Crippen LogP contribution in [0.1, 0.15) is 24.2 Å². The largest absolute Gasteiger partial charge is 0.401 e. The smallest absolute Gasteiger partial charge is 0.315 e. The van der Waals surface area contributed by atoms with E-state index in [1.165, 1.54) is 22.0 Å². The highest BCUT2D eigenvalue weighted by Crippen LogP contribution is 2.43. The summed E-state index contributed by atoms with van der Waals surface area (Å²) in [6.07, 6.45) is -4.46. The van der Waals surface area contributed by atoms with Crippen LogP contribution in [0.4, 0.5) is 23.2 Å². The molecule has 1 aromatic heterocycles. The number of aromatic nitrogens is 3. The number of anilines is 1. The predicted octanol–water partition coefficient (Wildman–Crippen LogP) is 3.30. The highest BCUT2D eigenvalue weighted by molar-refractivity contribution is 5.61. The summed E-state index contributed by atoms with van der Waals surface area (Å²) in [5.74, 6) is -0.464. The number of alkyl halides is 3. The van der Waals surface area contributed by atoms with Crippen molar-refractivity contribution in [2.24, 2.45) is 11.5 Å². The lowest BCUT2D eigenvalue weighted by Gasteiger charge is -2.53. The average molecular weight is 531 g/mol. The maximum Gasteiger partial charge on any atom is 0.401 e. The van der Waals surface area contributed by atoms with Gasteiger partial charge in [0.15, 0.2) is 5.82 Å². The molecule has 202 valence electrons. The molecule has 0 fully saturated rings. The first-order valence-corrected chi connectivity index (χ1v) is 12.4. The molecule has 3 aromatic rings. The maximum atomic E-state index is 15.5. The van der Waals surface area contributed by atoms with Gasteiger partial charge >= 0.3 is 6.18 Å². The minimum Gasteiger partial charge on any atom is -0.315 e. The summed E-state index contributed by atoms with van der Waals surface area (Å²) in [6.45, 7) is 3.13. The molecule has 0 radical (unpaired) electrons. The van der Waals surface area contributed by atoms with Crippen LogP contribution < -0.4 is 16.4 Å². The first kappa shape index (κ1) is 26.3. The first-order valence-electron chi connectivity index (χ1n) is 12.4. The molecule has 38 heavy (non-hydrogen) atoms. The van der Waals surface area contributed by atoms with Crippen LogP contribution in [-0.2, 0) is 0 Å². The monoisotopic (exact) mass is 530 g/mol. The van der Waals surface area contributed by atoms with Crippen LogP contribution in [0.2, 0.25) is 0 Å². The fourth-order valence-corrected chi connectivity index (χ4v) is 5.53. The van der Waals surface area contributed by atoms with E-state index in [2.05, 4.69) is 10.1 Å². The summed E-state index contributed by atoms with van der Waals surface area (Å²) >= 11 is 0. The Kier molecular flexibility index (Phi) is 6.99. The highest BCUT2D eigenvalue weighted by atomic mass is 19.4. The fourth-order valence-electron chi connectivity index (χ4n) is 5.53. The van der Waals surface area contributed by atoms with Gasteiger partial charge in [0.1, 0.15) is 24.1 Å². The lowest BCUT2D eigenvalue weighted by atomic mass is 9.85. The molecule has 0 aliphatic carbocycles. The Balaban J connectivity index is 1.66. The molecule has 3 heterocycles. The standard InChI is InChI=1S/C26H30F4N8/c1-3-36-24(31)20-13-35(14-26(28,29)30)12-19(17-7-5-4-6-8-17)23(20)37(25(36)32)18-9-10-22(21(27)11-18)38-16(2)33-15-34-38/h4-11,15,19,24-25H,3,12-14,31-32H2,1-2H3. The molecular formula is C26H30F4N8. The lowest BCUT2D eigenvalue weighted by Crippen LogP contribution is -2.67. The van der Waals surface area contributed by atoms with Crippen molar-refractivity contribution in [1.82, 2.24) is 24.6 Å². The molecule has 0 spiro atoms. The van der Waals surface area contributed by atoms with Gasteiger partial charge in [-0.3, -0.25) is 15.5 Å². The van der Waals surface area contributed by atoms with Crippen LogP contribution in [0.3, 0.4) is 0 Å². The Morgan fingerprint density at radius 1 is 1.08 bits per heavy atom. The van der Waals surface area contributed by atoms with Gasteiger partial charge in [-0.15, -0.1) is 0 Å². The van der Waals surface area contributed by atoms with Crippen molar-refractivity contribution in [2.75, 3.05) is 31.1 Å². The third-order valence-electron chi connectivity index (χ3n) is 7.20. The molecule has 0 amide bonds. The van der Waals surface area contributed by atoms with Crippen LogP contribution in [0, 0.1) is 12.7 Å². The molecule has 2 aliphatic heterocycles. The molecule has 2 aliphatic rings. The van der Waals surface area contributed by atoms with Gasteiger partial charge in [-0.1, -0.05) is 37.3 Å². The number of aryl methyl sites for hydroxylation is 1. The van der Waals surface area contributed by atoms with Crippen molar-refractivity contribution in [3.63, 3.8) is 0 Å². The molecule has 0 saturated carbocycles. The second-order valence-electron chi connectivity index (χ2n) is 9.57. The Morgan fingerprint density at radius 2 is 1.82 bits per heavy atom. The highest BCUT2D eigenvalue weighted by Gasteiger charge is 2.45. The van der Waals surface area contributed by atoms with Crippen LogP contribution in [0.15, 0.2) is 66.1 Å². The van der Waals surface area contributed by atoms with Gasteiger partial charge in [-0.05, 0) is 36.3 Å². The van der Waals surface area contributed by atoms with Gasteiger partial charge in [0.25, 0.3) is 0 Å². The van der Waals surface area contributed by atoms with E-state index in [9.17, 15) is 13.2 Å². The van der Waals surface area contributed by atoms with E-state index < -0.39 is 36.9 Å². The van der Waals surface area contributed by atoms with Crippen LogP contribution >= 0.6 is 0 Å². The van der Waals surface area contributed by atoms with Gasteiger partial charge in [0.05, 0.1) is 12.7 Å². The molecule has 12 heteroatoms.